The predicted octanol–water partition coefficient (Wildman–Crippen LogP) is 6.66. The largest absolute Gasteiger partial charge is 0.493 e. The average molecular weight is 1190 g/mol. The molecule has 5 aromatic carbocycles. The Morgan fingerprint density at radius 1 is 0.667 bits per heavy atom. The maximum absolute atomic E-state index is 14.7. The molecule has 0 aromatic heterocycles. The van der Waals surface area contributed by atoms with Crippen molar-refractivity contribution in [2.24, 2.45) is 5.92 Å². The van der Waals surface area contributed by atoms with Crippen LogP contribution in [-0.2, 0) is 61.2 Å². The standard InChI is InChI=1S/C65H72N8O14/c1-38(2)59(69-56(74)18-7-6-12-25-70-57(75)23-24-58(70)76)61(78)67-39(3)60(77)68-45-21-19-40(20-22-45)37-87-65(82)73-50-33-55(53(84-5)31-48(50)63(80)72-36-44-17-11-9-15-42(44)29-51(72)64(73)81)86-27-13-26-85-54-32-49-47(30-52(54)83-4)62(79)71-35-43-16-10-8-14-41(43)28-46(71)34-66-49/h8-11,14-17,19-24,30-33,38-39,46,51,59,64,66,81H,6-7,12-13,18,25-29,34-37H2,1-5H3,(H,67,78)(H,68,77)(H,69,74)/t39-,46-,51?,59-,64?/m0/s1. The number of fused-ring (bicyclic) bond motifs is 6. The number of rotatable bonds is 22. The molecule has 22 heteroatoms. The maximum atomic E-state index is 14.7. The van der Waals surface area contributed by atoms with E-state index in [0.29, 0.717) is 72.8 Å². The lowest BCUT2D eigenvalue weighted by molar-refractivity contribution is -0.137. The number of methoxy groups -OCH3 is 2. The first-order valence-electron chi connectivity index (χ1n) is 29.4. The van der Waals surface area contributed by atoms with Crippen LogP contribution in [0.2, 0.25) is 0 Å². The van der Waals surface area contributed by atoms with E-state index in [0.717, 1.165) is 32.9 Å². The number of unbranched alkanes of at least 4 members (excludes halogenated alkanes) is 2. The third-order valence-electron chi connectivity index (χ3n) is 16.4. The summed E-state index contributed by atoms with van der Waals surface area (Å²) >= 11 is 0. The Balaban J connectivity index is 0.761. The van der Waals surface area contributed by atoms with E-state index in [-0.39, 0.29) is 104 Å². The number of carbonyl (C=O) groups is 8. The Hall–Kier alpha value is -9.44. The average Bonchev–Trinajstić information content (AvgIpc) is 1.77. The molecule has 5 aliphatic rings. The third-order valence-corrected chi connectivity index (χ3v) is 16.4. The molecule has 87 heavy (non-hydrogen) atoms. The van der Waals surface area contributed by atoms with Crippen LogP contribution >= 0.6 is 0 Å². The number of amides is 8. The number of carbonyl (C=O) groups excluding carboxylic acids is 8. The van der Waals surface area contributed by atoms with Crippen LogP contribution in [0, 0.1) is 5.92 Å². The number of hydrogen-bond donors (Lipinski definition) is 5. The number of ether oxygens (including phenoxy) is 5. The summed E-state index contributed by atoms with van der Waals surface area (Å²) in [4.78, 5) is 112. The van der Waals surface area contributed by atoms with E-state index in [1.165, 1.54) is 51.0 Å². The zero-order valence-corrected chi connectivity index (χ0v) is 49.3. The summed E-state index contributed by atoms with van der Waals surface area (Å²) in [5.41, 5.74) is 6.36. The first kappa shape index (κ1) is 60.7. The summed E-state index contributed by atoms with van der Waals surface area (Å²) in [5.74, 6) is -1.71. The number of anilines is 3. The first-order valence-corrected chi connectivity index (χ1v) is 29.4. The highest BCUT2D eigenvalue weighted by Gasteiger charge is 2.46. The molecule has 5 aromatic rings. The molecule has 5 aliphatic heterocycles. The Labute approximate surface area is 504 Å². The fourth-order valence-corrected chi connectivity index (χ4v) is 11.6. The minimum absolute atomic E-state index is 0.0232. The SMILES string of the molecule is COc1cc2c(cc1OCCCOc1cc3c(cc1OC)C(=O)N1Cc4ccccc4CC1C(O)N3C(=O)OCc1ccc(NC(=O)[C@H](C)NC(=O)[C@@H](NC(=O)CCCCCN3C(=O)C=CC3=O)C(C)C)cc1)NC[C@@H]1Cc3ccccc3CN1C2=O. The summed E-state index contributed by atoms with van der Waals surface area (Å²) in [6.07, 6.45) is 3.03. The lowest BCUT2D eigenvalue weighted by atomic mass is 9.93. The van der Waals surface area contributed by atoms with Gasteiger partial charge in [0.05, 0.1) is 62.0 Å². The summed E-state index contributed by atoms with van der Waals surface area (Å²) in [5, 5.41) is 24.0. The van der Waals surface area contributed by atoms with Gasteiger partial charge >= 0.3 is 6.09 Å². The normalized spacial score (nSPS) is 18.1. The second kappa shape index (κ2) is 26.9. The molecule has 8 amide bonds. The maximum Gasteiger partial charge on any atom is 0.416 e. The zero-order chi connectivity index (χ0) is 61.5. The minimum atomic E-state index is -1.57. The molecule has 22 nitrogen and oxygen atoms in total. The number of aliphatic hydroxyl groups excluding tert-OH is 1. The monoisotopic (exact) mass is 1190 g/mol. The van der Waals surface area contributed by atoms with Crippen molar-refractivity contribution < 1.29 is 67.1 Å². The van der Waals surface area contributed by atoms with Crippen LogP contribution in [0.3, 0.4) is 0 Å². The van der Waals surface area contributed by atoms with Crippen molar-refractivity contribution in [1.82, 2.24) is 25.3 Å². The Morgan fingerprint density at radius 2 is 1.28 bits per heavy atom. The second-order valence-electron chi connectivity index (χ2n) is 22.5. The van der Waals surface area contributed by atoms with Gasteiger partial charge in [-0.3, -0.25) is 38.5 Å². The van der Waals surface area contributed by atoms with Crippen molar-refractivity contribution in [1.29, 1.82) is 0 Å². The van der Waals surface area contributed by atoms with Gasteiger partial charge in [-0.1, -0.05) is 80.9 Å². The molecule has 0 saturated heterocycles. The van der Waals surface area contributed by atoms with Gasteiger partial charge in [-0.05, 0) is 90.6 Å². The highest BCUT2D eigenvalue weighted by molar-refractivity contribution is 6.13. The summed E-state index contributed by atoms with van der Waals surface area (Å²) in [6.45, 7) is 6.60. The molecule has 5 heterocycles. The van der Waals surface area contributed by atoms with Gasteiger partial charge in [-0.15, -0.1) is 0 Å². The third kappa shape index (κ3) is 13.5. The molecule has 0 bridgehead atoms. The van der Waals surface area contributed by atoms with Gasteiger partial charge in [0.2, 0.25) is 17.7 Å². The van der Waals surface area contributed by atoms with Crippen LogP contribution in [-0.4, -0.2) is 138 Å². The molecular formula is C65H72N8O14. The van der Waals surface area contributed by atoms with Crippen molar-refractivity contribution in [2.75, 3.05) is 56.1 Å². The fraction of sp³-hybridized carbons (Fsp3) is 0.385. The van der Waals surface area contributed by atoms with Crippen LogP contribution in [0.15, 0.2) is 109 Å². The van der Waals surface area contributed by atoms with Crippen LogP contribution in [0.1, 0.15) is 101 Å². The van der Waals surface area contributed by atoms with E-state index in [9.17, 15) is 43.5 Å². The van der Waals surface area contributed by atoms with Gasteiger partial charge in [-0.2, -0.15) is 0 Å². The van der Waals surface area contributed by atoms with E-state index in [1.807, 2.05) is 41.3 Å². The number of nitrogens with zero attached hydrogens (tertiary/aromatic N) is 4. The van der Waals surface area contributed by atoms with E-state index in [1.54, 1.807) is 55.1 Å². The van der Waals surface area contributed by atoms with Crippen molar-refractivity contribution in [3.63, 3.8) is 0 Å². The molecule has 5 N–H and O–H groups in total. The fourth-order valence-electron chi connectivity index (χ4n) is 11.6. The Bertz CT molecular complexity index is 3480. The highest BCUT2D eigenvalue weighted by atomic mass is 16.6. The van der Waals surface area contributed by atoms with Gasteiger partial charge in [-0.25, -0.2) is 9.69 Å². The Kier molecular flexibility index (Phi) is 18.7. The van der Waals surface area contributed by atoms with Gasteiger partial charge in [0.15, 0.2) is 29.2 Å². The lowest BCUT2D eigenvalue weighted by Gasteiger charge is -2.39. The summed E-state index contributed by atoms with van der Waals surface area (Å²) in [7, 11) is 2.96. The number of aliphatic hydroxyl groups is 1. The number of nitrogens with one attached hydrogen (secondary N) is 4. The van der Waals surface area contributed by atoms with E-state index in [2.05, 4.69) is 33.4 Å². The number of benzene rings is 5. The van der Waals surface area contributed by atoms with Crippen LogP contribution in [0.25, 0.3) is 0 Å². The molecule has 0 spiro atoms. The quantitative estimate of drug-likeness (QED) is 0.0359. The van der Waals surface area contributed by atoms with Crippen molar-refractivity contribution in [2.45, 2.75) is 116 Å². The van der Waals surface area contributed by atoms with Crippen molar-refractivity contribution >= 4 is 64.5 Å². The molecule has 0 aliphatic carbocycles. The number of hydrogen-bond acceptors (Lipinski definition) is 15. The molecule has 0 fully saturated rings. The number of imide groups is 1. The minimum Gasteiger partial charge on any atom is -0.493 e. The summed E-state index contributed by atoms with van der Waals surface area (Å²) in [6, 6.07) is 26.0. The zero-order valence-electron chi connectivity index (χ0n) is 49.3. The van der Waals surface area contributed by atoms with Crippen LogP contribution in [0.5, 0.6) is 23.0 Å². The van der Waals surface area contributed by atoms with E-state index >= 15 is 0 Å². The van der Waals surface area contributed by atoms with Crippen molar-refractivity contribution in [3.05, 3.63) is 148 Å². The topological polar surface area (TPSA) is 264 Å². The molecule has 0 radical (unpaired) electrons. The highest BCUT2D eigenvalue weighted by Crippen LogP contribution is 2.43. The van der Waals surface area contributed by atoms with Crippen LogP contribution in [0.4, 0.5) is 21.9 Å². The van der Waals surface area contributed by atoms with E-state index < -0.39 is 48.2 Å². The smallest absolute Gasteiger partial charge is 0.416 e. The second-order valence-corrected chi connectivity index (χ2v) is 22.5. The molecule has 456 valence electrons. The van der Waals surface area contributed by atoms with Gasteiger partial charge in [0.25, 0.3) is 23.6 Å². The predicted molar refractivity (Wildman–Crippen MR) is 320 cm³/mol. The molecular weight excluding hydrogens is 1120 g/mol. The van der Waals surface area contributed by atoms with Crippen LogP contribution < -0.4 is 45.1 Å². The molecule has 5 atom stereocenters. The van der Waals surface area contributed by atoms with Crippen molar-refractivity contribution in [3.8, 4) is 23.0 Å². The molecule has 10 rings (SSSR count). The lowest BCUT2D eigenvalue weighted by Crippen LogP contribution is -2.55. The Morgan fingerprint density at radius 3 is 1.93 bits per heavy atom. The van der Waals surface area contributed by atoms with Gasteiger partial charge in [0, 0.05) is 69.0 Å². The molecule has 2 unspecified atom stereocenters. The van der Waals surface area contributed by atoms with Gasteiger partial charge in [0.1, 0.15) is 18.7 Å². The molecule has 0 saturated carbocycles. The first-order chi connectivity index (χ1) is 42.0. The van der Waals surface area contributed by atoms with E-state index in [4.69, 9.17) is 23.7 Å². The summed E-state index contributed by atoms with van der Waals surface area (Å²) < 4.78 is 29.9. The van der Waals surface area contributed by atoms with Gasteiger partial charge < -0.3 is 59.9 Å².